The summed E-state index contributed by atoms with van der Waals surface area (Å²) in [6.07, 6.45) is 0.827. The highest BCUT2D eigenvalue weighted by Crippen LogP contribution is 2.24. The zero-order chi connectivity index (χ0) is 14.7. The quantitative estimate of drug-likeness (QED) is 0.909. The highest BCUT2D eigenvalue weighted by Gasteiger charge is 2.14. The molecule has 0 atom stereocenters. The molecule has 0 bridgehead atoms. The van der Waals surface area contributed by atoms with E-state index in [0.29, 0.717) is 6.54 Å². The van der Waals surface area contributed by atoms with Gasteiger partial charge < -0.3 is 10.5 Å². The largest absolute Gasteiger partial charge is 0.484 e. The molecule has 0 unspecified atom stereocenters. The van der Waals surface area contributed by atoms with Crippen LogP contribution in [0.15, 0.2) is 22.7 Å². The average Bonchev–Trinajstić information content (AvgIpc) is 2.72. The maximum Gasteiger partial charge on any atom is 0.165 e. The molecule has 0 spiro atoms. The average molecular weight is 342 g/mol. The summed E-state index contributed by atoms with van der Waals surface area (Å²) in [5.41, 5.74) is 8.05. The van der Waals surface area contributed by atoms with Crippen LogP contribution in [-0.2, 0) is 26.6 Å². The Bertz CT molecular complexity index is 613. The molecule has 2 aromatic rings. The standard InChI is InChI=1S/C14H17BrFN3O/c1-3-11-14(15)12(19(2)18-11)8-20-13-5-4-9(7-17)6-10(13)16/h4-6H,3,7-8,17H2,1-2H3. The third-order valence-electron chi connectivity index (χ3n) is 3.10. The van der Waals surface area contributed by atoms with Crippen molar-refractivity contribution >= 4 is 15.9 Å². The smallest absolute Gasteiger partial charge is 0.165 e. The summed E-state index contributed by atoms with van der Waals surface area (Å²) in [4.78, 5) is 0. The third kappa shape index (κ3) is 3.02. The van der Waals surface area contributed by atoms with Crippen molar-refractivity contribution in [2.75, 3.05) is 0 Å². The van der Waals surface area contributed by atoms with Crippen molar-refractivity contribution in [2.45, 2.75) is 26.5 Å². The second kappa shape index (κ2) is 6.37. The first kappa shape index (κ1) is 15.0. The van der Waals surface area contributed by atoms with Gasteiger partial charge in [0.2, 0.25) is 0 Å². The van der Waals surface area contributed by atoms with Crippen molar-refractivity contribution < 1.29 is 9.13 Å². The van der Waals surface area contributed by atoms with Crippen molar-refractivity contribution in [2.24, 2.45) is 12.8 Å². The van der Waals surface area contributed by atoms with Crippen molar-refractivity contribution in [1.29, 1.82) is 0 Å². The van der Waals surface area contributed by atoms with Crippen LogP contribution in [0.3, 0.4) is 0 Å². The Balaban J connectivity index is 2.15. The number of nitrogens with zero attached hydrogens (tertiary/aromatic N) is 2. The normalized spacial score (nSPS) is 10.8. The van der Waals surface area contributed by atoms with Gasteiger partial charge in [-0.3, -0.25) is 4.68 Å². The summed E-state index contributed by atoms with van der Waals surface area (Å²) >= 11 is 3.50. The van der Waals surface area contributed by atoms with Gasteiger partial charge in [0, 0.05) is 13.6 Å². The SMILES string of the molecule is CCc1nn(C)c(COc2ccc(CN)cc2F)c1Br. The monoisotopic (exact) mass is 341 g/mol. The van der Waals surface area contributed by atoms with E-state index in [2.05, 4.69) is 21.0 Å². The molecule has 0 saturated heterocycles. The number of hydrogen-bond donors (Lipinski definition) is 1. The van der Waals surface area contributed by atoms with E-state index < -0.39 is 5.82 Å². The van der Waals surface area contributed by atoms with Crippen LogP contribution in [0.5, 0.6) is 5.75 Å². The van der Waals surface area contributed by atoms with Gasteiger partial charge in [-0.2, -0.15) is 5.10 Å². The lowest BCUT2D eigenvalue weighted by Gasteiger charge is -2.09. The van der Waals surface area contributed by atoms with Crippen molar-refractivity contribution in [3.63, 3.8) is 0 Å². The van der Waals surface area contributed by atoms with Crippen LogP contribution in [0.1, 0.15) is 23.9 Å². The zero-order valence-electron chi connectivity index (χ0n) is 11.5. The minimum Gasteiger partial charge on any atom is -0.484 e. The van der Waals surface area contributed by atoms with E-state index in [1.807, 2.05) is 14.0 Å². The lowest BCUT2D eigenvalue weighted by atomic mass is 10.2. The number of rotatable bonds is 5. The first-order chi connectivity index (χ1) is 9.56. The molecule has 1 aromatic heterocycles. The van der Waals surface area contributed by atoms with Crippen molar-refractivity contribution in [1.82, 2.24) is 9.78 Å². The van der Waals surface area contributed by atoms with Gasteiger partial charge in [0.05, 0.1) is 15.9 Å². The molecule has 4 nitrogen and oxygen atoms in total. The van der Waals surface area contributed by atoms with Gasteiger partial charge in [0.15, 0.2) is 11.6 Å². The molecule has 0 saturated carbocycles. The van der Waals surface area contributed by atoms with Gasteiger partial charge in [-0.1, -0.05) is 13.0 Å². The molecule has 20 heavy (non-hydrogen) atoms. The Morgan fingerprint density at radius 2 is 2.20 bits per heavy atom. The van der Waals surface area contributed by atoms with E-state index in [-0.39, 0.29) is 12.4 Å². The molecule has 108 valence electrons. The van der Waals surface area contributed by atoms with Gasteiger partial charge >= 0.3 is 0 Å². The van der Waals surface area contributed by atoms with Gasteiger partial charge in [-0.25, -0.2) is 4.39 Å². The Hall–Kier alpha value is -1.40. The van der Waals surface area contributed by atoms with Gasteiger partial charge in [-0.05, 0) is 40.0 Å². The van der Waals surface area contributed by atoms with E-state index in [4.69, 9.17) is 10.5 Å². The van der Waals surface area contributed by atoms with E-state index in [1.54, 1.807) is 16.8 Å². The van der Waals surface area contributed by atoms with Gasteiger partial charge in [0.25, 0.3) is 0 Å². The zero-order valence-corrected chi connectivity index (χ0v) is 13.1. The van der Waals surface area contributed by atoms with Crippen LogP contribution in [0, 0.1) is 5.82 Å². The molecule has 0 aliphatic rings. The highest BCUT2D eigenvalue weighted by molar-refractivity contribution is 9.10. The molecular formula is C14H17BrFN3O. The molecule has 0 radical (unpaired) electrons. The minimum absolute atomic E-state index is 0.216. The Labute approximate surface area is 125 Å². The second-order valence-electron chi connectivity index (χ2n) is 4.44. The van der Waals surface area contributed by atoms with E-state index in [0.717, 1.165) is 27.8 Å². The first-order valence-corrected chi connectivity index (χ1v) is 7.17. The number of benzene rings is 1. The fourth-order valence-electron chi connectivity index (χ4n) is 1.91. The van der Waals surface area contributed by atoms with Gasteiger partial charge in [0.1, 0.15) is 6.61 Å². The predicted octanol–water partition coefficient (Wildman–Crippen LogP) is 2.92. The lowest BCUT2D eigenvalue weighted by Crippen LogP contribution is -2.05. The molecule has 0 fully saturated rings. The maximum atomic E-state index is 13.8. The van der Waals surface area contributed by atoms with Crippen molar-refractivity contribution in [3.8, 4) is 5.75 Å². The minimum atomic E-state index is -0.401. The van der Waals surface area contributed by atoms with E-state index in [9.17, 15) is 4.39 Å². The molecule has 1 aromatic carbocycles. The molecule has 6 heteroatoms. The summed E-state index contributed by atoms with van der Waals surface area (Å²) in [7, 11) is 1.84. The third-order valence-corrected chi connectivity index (χ3v) is 4.01. The first-order valence-electron chi connectivity index (χ1n) is 6.38. The number of ether oxygens (including phenoxy) is 1. The van der Waals surface area contributed by atoms with Gasteiger partial charge in [-0.15, -0.1) is 0 Å². The number of halogens is 2. The fraction of sp³-hybridized carbons (Fsp3) is 0.357. The van der Waals surface area contributed by atoms with Crippen molar-refractivity contribution in [3.05, 3.63) is 45.4 Å². The van der Waals surface area contributed by atoms with Crippen LogP contribution in [0.2, 0.25) is 0 Å². The summed E-state index contributed by atoms with van der Waals surface area (Å²) in [6, 6.07) is 4.75. The van der Waals surface area contributed by atoms with E-state index in [1.165, 1.54) is 6.07 Å². The number of aromatic nitrogens is 2. The van der Waals surface area contributed by atoms with Crippen LogP contribution in [0.25, 0.3) is 0 Å². The Morgan fingerprint density at radius 3 is 2.75 bits per heavy atom. The summed E-state index contributed by atoms with van der Waals surface area (Å²) in [5, 5.41) is 4.37. The number of aryl methyl sites for hydroxylation is 2. The molecule has 0 aliphatic carbocycles. The molecule has 2 N–H and O–H groups in total. The summed E-state index contributed by atoms with van der Waals surface area (Å²) in [6.45, 7) is 2.59. The fourth-order valence-corrected chi connectivity index (χ4v) is 2.64. The van der Waals surface area contributed by atoms with Crippen LogP contribution < -0.4 is 10.5 Å². The number of hydrogen-bond acceptors (Lipinski definition) is 3. The Morgan fingerprint density at radius 1 is 1.45 bits per heavy atom. The molecule has 1 heterocycles. The molecule has 2 rings (SSSR count). The predicted molar refractivity (Wildman–Crippen MR) is 78.9 cm³/mol. The van der Waals surface area contributed by atoms with E-state index >= 15 is 0 Å². The molecule has 0 amide bonds. The molecule has 0 aliphatic heterocycles. The lowest BCUT2D eigenvalue weighted by molar-refractivity contribution is 0.279. The second-order valence-corrected chi connectivity index (χ2v) is 5.24. The Kier molecular flexibility index (Phi) is 4.77. The molecular weight excluding hydrogens is 325 g/mol. The van der Waals surface area contributed by atoms with Crippen LogP contribution in [-0.4, -0.2) is 9.78 Å². The number of nitrogens with two attached hydrogens (primary N) is 1. The highest BCUT2D eigenvalue weighted by atomic mass is 79.9. The topological polar surface area (TPSA) is 53.1 Å². The maximum absolute atomic E-state index is 13.8. The summed E-state index contributed by atoms with van der Waals surface area (Å²) < 4.78 is 22.0. The van der Waals surface area contributed by atoms with Crippen LogP contribution >= 0.6 is 15.9 Å². The van der Waals surface area contributed by atoms with Crippen LogP contribution in [0.4, 0.5) is 4.39 Å². The summed E-state index contributed by atoms with van der Waals surface area (Å²) in [5.74, 6) is -0.185.